The summed E-state index contributed by atoms with van der Waals surface area (Å²) < 4.78 is 6.84. The van der Waals surface area contributed by atoms with Gasteiger partial charge in [-0.2, -0.15) is 5.10 Å². The molecule has 1 heterocycles. The predicted octanol–water partition coefficient (Wildman–Crippen LogP) is 3.92. The van der Waals surface area contributed by atoms with Gasteiger partial charge in [0.2, 0.25) is 0 Å². The van der Waals surface area contributed by atoms with Crippen LogP contribution in [-0.4, -0.2) is 22.3 Å². The van der Waals surface area contributed by atoms with E-state index in [2.05, 4.69) is 17.3 Å². The van der Waals surface area contributed by atoms with Gasteiger partial charge in [0.1, 0.15) is 18.1 Å². The first-order chi connectivity index (χ1) is 14.2. The standard InChI is InChI=1S/C23H25N3O3/c1-2-3-7-18-10-12-19(13-11-18)24-23(28)21-14-15-22(27)26(25-21)16-17-29-20-8-5-4-6-9-20/h4-6,8-15H,2-3,7,16-17H2,1H3,(H,24,28). The number of benzene rings is 2. The smallest absolute Gasteiger partial charge is 0.276 e. The van der Waals surface area contributed by atoms with E-state index in [1.165, 1.54) is 22.4 Å². The van der Waals surface area contributed by atoms with E-state index in [9.17, 15) is 9.59 Å². The molecule has 0 saturated heterocycles. The molecule has 0 aliphatic carbocycles. The minimum atomic E-state index is -0.357. The van der Waals surface area contributed by atoms with Gasteiger partial charge in [0.15, 0.2) is 0 Å². The summed E-state index contributed by atoms with van der Waals surface area (Å²) in [6.07, 6.45) is 3.32. The number of nitrogens with zero attached hydrogens (tertiary/aromatic N) is 2. The number of rotatable bonds is 9. The third-order valence-electron chi connectivity index (χ3n) is 4.45. The van der Waals surface area contributed by atoms with Crippen LogP contribution >= 0.6 is 0 Å². The quantitative estimate of drug-likeness (QED) is 0.600. The fourth-order valence-corrected chi connectivity index (χ4v) is 2.83. The second kappa shape index (κ2) is 10.2. The molecule has 6 nitrogen and oxygen atoms in total. The minimum absolute atomic E-state index is 0.180. The molecule has 1 aromatic heterocycles. The minimum Gasteiger partial charge on any atom is -0.492 e. The fourth-order valence-electron chi connectivity index (χ4n) is 2.83. The Balaban J connectivity index is 1.60. The largest absolute Gasteiger partial charge is 0.492 e. The molecule has 0 unspecified atom stereocenters. The van der Waals surface area contributed by atoms with Crippen LogP contribution in [-0.2, 0) is 13.0 Å². The van der Waals surface area contributed by atoms with Crippen molar-refractivity contribution >= 4 is 11.6 Å². The number of para-hydroxylation sites is 1. The molecule has 0 spiro atoms. The molecule has 0 aliphatic rings. The zero-order valence-electron chi connectivity index (χ0n) is 16.5. The number of nitrogens with one attached hydrogen (secondary N) is 1. The third kappa shape index (κ3) is 6.04. The fraction of sp³-hybridized carbons (Fsp3) is 0.261. The monoisotopic (exact) mass is 391 g/mol. The molecule has 0 radical (unpaired) electrons. The number of amides is 1. The van der Waals surface area contributed by atoms with E-state index >= 15 is 0 Å². The van der Waals surface area contributed by atoms with Gasteiger partial charge in [-0.05, 0) is 48.7 Å². The number of anilines is 1. The van der Waals surface area contributed by atoms with Crippen LogP contribution in [0.25, 0.3) is 0 Å². The van der Waals surface area contributed by atoms with Crippen LogP contribution in [0.5, 0.6) is 5.75 Å². The van der Waals surface area contributed by atoms with Gasteiger partial charge in [0.25, 0.3) is 11.5 Å². The van der Waals surface area contributed by atoms with Crippen LogP contribution < -0.4 is 15.6 Å². The summed E-state index contributed by atoms with van der Waals surface area (Å²) in [5.74, 6) is 0.362. The number of aromatic nitrogens is 2. The second-order valence-corrected chi connectivity index (χ2v) is 6.70. The van der Waals surface area contributed by atoms with Crippen molar-refractivity contribution < 1.29 is 9.53 Å². The Bertz CT molecular complexity index is 982. The van der Waals surface area contributed by atoms with Gasteiger partial charge < -0.3 is 10.1 Å². The van der Waals surface area contributed by atoms with Crippen LogP contribution in [0.2, 0.25) is 0 Å². The molecular formula is C23H25N3O3. The summed E-state index contributed by atoms with van der Waals surface area (Å²) in [4.78, 5) is 24.5. The van der Waals surface area contributed by atoms with Gasteiger partial charge in [-0.15, -0.1) is 0 Å². The van der Waals surface area contributed by atoms with Gasteiger partial charge in [-0.1, -0.05) is 43.7 Å². The number of ether oxygens (including phenoxy) is 1. The number of carbonyl (C=O) groups is 1. The highest BCUT2D eigenvalue weighted by molar-refractivity contribution is 6.02. The van der Waals surface area contributed by atoms with Crippen LogP contribution in [0, 0.1) is 0 Å². The summed E-state index contributed by atoms with van der Waals surface area (Å²) in [6.45, 7) is 2.69. The zero-order valence-corrected chi connectivity index (χ0v) is 16.5. The number of aryl methyl sites for hydroxylation is 1. The number of hydrogen-bond donors (Lipinski definition) is 1. The Hall–Kier alpha value is -3.41. The van der Waals surface area contributed by atoms with Crippen molar-refractivity contribution in [1.82, 2.24) is 9.78 Å². The molecule has 3 rings (SSSR count). The summed E-state index contributed by atoms with van der Waals surface area (Å²) in [5, 5.41) is 6.99. The van der Waals surface area contributed by atoms with E-state index < -0.39 is 0 Å². The predicted molar refractivity (Wildman–Crippen MR) is 113 cm³/mol. The number of unbranched alkanes of at least 4 members (excludes halogenated alkanes) is 1. The topological polar surface area (TPSA) is 73.2 Å². The lowest BCUT2D eigenvalue weighted by molar-refractivity contribution is 0.101. The molecule has 0 aliphatic heterocycles. The molecule has 150 valence electrons. The molecule has 6 heteroatoms. The molecule has 0 fully saturated rings. The molecule has 1 amide bonds. The Kier molecular flexibility index (Phi) is 7.16. The van der Waals surface area contributed by atoms with E-state index in [4.69, 9.17) is 4.74 Å². The van der Waals surface area contributed by atoms with Gasteiger partial charge in [-0.25, -0.2) is 4.68 Å². The van der Waals surface area contributed by atoms with Crippen molar-refractivity contribution in [2.24, 2.45) is 0 Å². The Morgan fingerprint density at radius 1 is 1.03 bits per heavy atom. The van der Waals surface area contributed by atoms with E-state index in [1.54, 1.807) is 0 Å². The van der Waals surface area contributed by atoms with Crippen LogP contribution in [0.15, 0.2) is 71.5 Å². The lowest BCUT2D eigenvalue weighted by Crippen LogP contribution is -2.28. The first-order valence-corrected chi connectivity index (χ1v) is 9.82. The third-order valence-corrected chi connectivity index (χ3v) is 4.45. The lowest BCUT2D eigenvalue weighted by atomic mass is 10.1. The van der Waals surface area contributed by atoms with E-state index in [0.717, 1.165) is 25.0 Å². The lowest BCUT2D eigenvalue weighted by Gasteiger charge is -2.09. The maximum Gasteiger partial charge on any atom is 0.276 e. The zero-order chi connectivity index (χ0) is 20.5. The van der Waals surface area contributed by atoms with Crippen molar-refractivity contribution in [2.45, 2.75) is 32.7 Å². The van der Waals surface area contributed by atoms with E-state index in [-0.39, 0.29) is 30.3 Å². The first-order valence-electron chi connectivity index (χ1n) is 9.82. The number of carbonyl (C=O) groups excluding carboxylic acids is 1. The highest BCUT2D eigenvalue weighted by atomic mass is 16.5. The Morgan fingerprint density at radius 2 is 1.79 bits per heavy atom. The molecule has 1 N–H and O–H groups in total. The van der Waals surface area contributed by atoms with Gasteiger partial charge in [0, 0.05) is 11.8 Å². The maximum absolute atomic E-state index is 12.5. The van der Waals surface area contributed by atoms with Crippen molar-refractivity contribution in [1.29, 1.82) is 0 Å². The maximum atomic E-state index is 12.5. The summed E-state index contributed by atoms with van der Waals surface area (Å²) >= 11 is 0. The molecule has 3 aromatic rings. The summed E-state index contributed by atoms with van der Waals surface area (Å²) in [7, 11) is 0. The average molecular weight is 391 g/mol. The van der Waals surface area contributed by atoms with Gasteiger partial charge in [-0.3, -0.25) is 9.59 Å². The SMILES string of the molecule is CCCCc1ccc(NC(=O)c2ccc(=O)n(CCOc3ccccc3)n2)cc1. The van der Waals surface area contributed by atoms with E-state index in [0.29, 0.717) is 5.69 Å². The van der Waals surface area contributed by atoms with Crippen molar-refractivity contribution in [3.05, 3.63) is 88.3 Å². The molecule has 0 saturated carbocycles. The van der Waals surface area contributed by atoms with Gasteiger partial charge in [0.05, 0.1) is 6.54 Å². The highest BCUT2D eigenvalue weighted by Gasteiger charge is 2.10. The van der Waals surface area contributed by atoms with Crippen LogP contribution in [0.4, 0.5) is 5.69 Å². The van der Waals surface area contributed by atoms with Crippen molar-refractivity contribution in [2.75, 3.05) is 11.9 Å². The van der Waals surface area contributed by atoms with Crippen LogP contribution in [0.1, 0.15) is 35.8 Å². The Morgan fingerprint density at radius 3 is 2.52 bits per heavy atom. The summed E-state index contributed by atoms with van der Waals surface area (Å²) in [6, 6.07) is 19.9. The molecule has 29 heavy (non-hydrogen) atoms. The second-order valence-electron chi connectivity index (χ2n) is 6.70. The van der Waals surface area contributed by atoms with Crippen molar-refractivity contribution in [3.63, 3.8) is 0 Å². The van der Waals surface area contributed by atoms with E-state index in [1.807, 2.05) is 54.6 Å². The highest BCUT2D eigenvalue weighted by Crippen LogP contribution is 2.13. The molecule has 0 atom stereocenters. The number of hydrogen-bond acceptors (Lipinski definition) is 4. The van der Waals surface area contributed by atoms with Gasteiger partial charge >= 0.3 is 0 Å². The molecule has 0 bridgehead atoms. The summed E-state index contributed by atoms with van der Waals surface area (Å²) in [5.41, 5.74) is 1.84. The van der Waals surface area contributed by atoms with Crippen molar-refractivity contribution in [3.8, 4) is 5.75 Å². The molecule has 2 aromatic carbocycles. The Labute approximate surface area is 170 Å². The normalized spacial score (nSPS) is 10.5. The van der Waals surface area contributed by atoms with Crippen LogP contribution in [0.3, 0.4) is 0 Å². The molecular weight excluding hydrogens is 366 g/mol. The average Bonchev–Trinajstić information content (AvgIpc) is 2.75. The first kappa shape index (κ1) is 20.3.